The lowest BCUT2D eigenvalue weighted by atomic mass is 10.1. The quantitative estimate of drug-likeness (QED) is 0.478. The van der Waals surface area contributed by atoms with Crippen molar-refractivity contribution in [2.45, 2.75) is 0 Å². The molecule has 3 rings (SSSR count). The van der Waals surface area contributed by atoms with Crippen molar-refractivity contribution in [2.75, 3.05) is 7.11 Å². The average molecular weight is 411 g/mol. The van der Waals surface area contributed by atoms with Crippen LogP contribution in [0.1, 0.15) is 11.3 Å². The number of hydrogen-bond donors (Lipinski definition) is 1. The molecule has 0 aliphatic carbocycles. The fourth-order valence-electron chi connectivity index (χ4n) is 2.22. The first-order valence-corrected chi connectivity index (χ1v) is 7.67. The number of aromatic amines is 1. The maximum atomic E-state index is 5.94. The minimum atomic E-state index is 0.716. The highest BCUT2D eigenvalue weighted by atomic mass is 127. The molecule has 0 spiro atoms. The summed E-state index contributed by atoms with van der Waals surface area (Å²) in [7, 11) is 1.67. The van der Waals surface area contributed by atoms with Crippen LogP contribution in [0.5, 0.6) is 5.75 Å². The van der Waals surface area contributed by atoms with Crippen LogP contribution < -0.4 is 4.74 Å². The molecule has 0 aliphatic rings. The van der Waals surface area contributed by atoms with Gasteiger partial charge in [-0.1, -0.05) is 23.7 Å². The molecule has 0 bridgehead atoms. The molecule has 5 heteroatoms. The molecule has 21 heavy (non-hydrogen) atoms. The topological polar surface area (TPSA) is 37.4 Å². The summed E-state index contributed by atoms with van der Waals surface area (Å²) in [6, 6.07) is 15.7. The van der Waals surface area contributed by atoms with Crippen LogP contribution in [0.15, 0.2) is 51.7 Å². The molecule has 2 aromatic carbocycles. The minimum absolute atomic E-state index is 0.716. The van der Waals surface area contributed by atoms with Crippen LogP contribution in [0.3, 0.4) is 0 Å². The Morgan fingerprint density at radius 3 is 2.57 bits per heavy atom. The van der Waals surface area contributed by atoms with E-state index in [0.29, 0.717) is 5.02 Å². The van der Waals surface area contributed by atoms with E-state index >= 15 is 0 Å². The van der Waals surface area contributed by atoms with Crippen molar-refractivity contribution >= 4 is 51.1 Å². The summed E-state index contributed by atoms with van der Waals surface area (Å²) >= 11 is 7.95. The molecule has 0 saturated carbocycles. The summed E-state index contributed by atoms with van der Waals surface area (Å²) in [4.78, 5) is 3.39. The second-order valence-corrected chi connectivity index (χ2v) is 5.50. The molecule has 0 radical (unpaired) electrons. The third-order valence-corrected chi connectivity index (χ3v) is 4.02. The number of fused-ring (bicyclic) bond motifs is 1. The van der Waals surface area contributed by atoms with Crippen molar-refractivity contribution in [3.05, 3.63) is 64.8 Å². The molecule has 0 atom stereocenters. The molecule has 0 unspecified atom stereocenters. The van der Waals surface area contributed by atoms with Crippen molar-refractivity contribution in [3.63, 3.8) is 0 Å². The number of H-pyrrole nitrogens is 1. The second-order valence-electron chi connectivity index (χ2n) is 4.58. The molecule has 0 fully saturated rings. The van der Waals surface area contributed by atoms with Gasteiger partial charge in [0.1, 0.15) is 11.5 Å². The standard InChI is InChI=1S/C16H12ClIN2O/c1-21-13-6-7-14-11(8-13)9-15(19-14)16(20-18)10-2-4-12(17)5-3-10/h2-9,19H,1H3/b20-16+. The van der Waals surface area contributed by atoms with E-state index in [2.05, 4.69) is 14.3 Å². The number of nitrogens with one attached hydrogen (secondary N) is 1. The van der Waals surface area contributed by atoms with Gasteiger partial charge < -0.3 is 9.72 Å². The van der Waals surface area contributed by atoms with Crippen molar-refractivity contribution in [1.29, 1.82) is 0 Å². The molecule has 0 aliphatic heterocycles. The van der Waals surface area contributed by atoms with Gasteiger partial charge in [-0.3, -0.25) is 0 Å². The number of hydrogen-bond acceptors (Lipinski definition) is 2. The molecule has 1 aromatic heterocycles. The summed E-state index contributed by atoms with van der Waals surface area (Å²) in [6.07, 6.45) is 0. The number of rotatable bonds is 3. The summed E-state index contributed by atoms with van der Waals surface area (Å²) in [5.74, 6) is 0.840. The Labute approximate surface area is 141 Å². The van der Waals surface area contributed by atoms with Gasteiger partial charge in [-0.05, 0) is 36.4 Å². The largest absolute Gasteiger partial charge is 0.497 e. The maximum absolute atomic E-state index is 5.94. The Morgan fingerprint density at radius 1 is 1.14 bits per heavy atom. The van der Waals surface area contributed by atoms with Crippen LogP contribution in [-0.4, -0.2) is 17.8 Å². The van der Waals surface area contributed by atoms with Gasteiger partial charge in [-0.25, -0.2) is 3.21 Å². The predicted octanol–water partition coefficient (Wildman–Crippen LogP) is 5.02. The third-order valence-electron chi connectivity index (χ3n) is 3.29. The van der Waals surface area contributed by atoms with E-state index in [4.69, 9.17) is 16.3 Å². The van der Waals surface area contributed by atoms with Crippen LogP contribution in [-0.2, 0) is 0 Å². The van der Waals surface area contributed by atoms with E-state index in [9.17, 15) is 0 Å². The van der Waals surface area contributed by atoms with Crippen molar-refractivity contribution in [2.24, 2.45) is 3.21 Å². The molecule has 1 heterocycles. The van der Waals surface area contributed by atoms with Crippen LogP contribution >= 0.6 is 34.5 Å². The molecule has 1 N–H and O–H groups in total. The van der Waals surface area contributed by atoms with Gasteiger partial charge in [0.2, 0.25) is 0 Å². The zero-order chi connectivity index (χ0) is 14.8. The monoisotopic (exact) mass is 410 g/mol. The highest BCUT2D eigenvalue weighted by molar-refractivity contribution is 14.1. The lowest BCUT2D eigenvalue weighted by molar-refractivity contribution is 0.415. The Balaban J connectivity index is 2.07. The first-order chi connectivity index (χ1) is 10.2. The molecule has 0 amide bonds. The van der Waals surface area contributed by atoms with Gasteiger partial charge in [0.15, 0.2) is 0 Å². The fourth-order valence-corrected chi connectivity index (χ4v) is 2.89. The number of halogens is 2. The molecule has 3 nitrogen and oxygen atoms in total. The fraction of sp³-hybridized carbons (Fsp3) is 0.0625. The van der Waals surface area contributed by atoms with Gasteiger partial charge in [0, 0.05) is 21.5 Å². The van der Waals surface area contributed by atoms with Crippen LogP contribution in [0.4, 0.5) is 0 Å². The highest BCUT2D eigenvalue weighted by Gasteiger charge is 2.10. The summed E-state index contributed by atoms with van der Waals surface area (Å²) in [6.45, 7) is 0. The Kier molecular flexibility index (Phi) is 4.17. The predicted molar refractivity (Wildman–Crippen MR) is 96.0 cm³/mol. The van der Waals surface area contributed by atoms with E-state index in [1.165, 1.54) is 0 Å². The van der Waals surface area contributed by atoms with Crippen molar-refractivity contribution in [1.82, 2.24) is 4.98 Å². The maximum Gasteiger partial charge on any atom is 0.119 e. The van der Waals surface area contributed by atoms with Gasteiger partial charge in [0.05, 0.1) is 35.7 Å². The first kappa shape index (κ1) is 14.4. The number of methoxy groups -OCH3 is 1. The van der Waals surface area contributed by atoms with Gasteiger partial charge in [-0.2, -0.15) is 0 Å². The first-order valence-electron chi connectivity index (χ1n) is 6.33. The van der Waals surface area contributed by atoms with Crippen LogP contribution in [0, 0.1) is 0 Å². The Hall–Kier alpha value is -1.53. The number of nitrogens with zero attached hydrogens (tertiary/aromatic N) is 1. The van der Waals surface area contributed by atoms with E-state index in [0.717, 1.165) is 33.6 Å². The normalized spacial score (nSPS) is 11.9. The van der Waals surface area contributed by atoms with E-state index in [1.54, 1.807) is 7.11 Å². The van der Waals surface area contributed by atoms with E-state index < -0.39 is 0 Å². The summed E-state index contributed by atoms with van der Waals surface area (Å²) in [5, 5.41) is 1.81. The smallest absolute Gasteiger partial charge is 0.119 e. The molecule has 106 valence electrons. The minimum Gasteiger partial charge on any atom is -0.497 e. The third kappa shape index (κ3) is 2.91. The van der Waals surface area contributed by atoms with Crippen molar-refractivity contribution in [3.8, 4) is 5.75 Å². The van der Waals surface area contributed by atoms with E-state index in [1.807, 2.05) is 65.3 Å². The van der Waals surface area contributed by atoms with Gasteiger partial charge >= 0.3 is 0 Å². The Bertz CT molecular complexity index is 809. The zero-order valence-corrected chi connectivity index (χ0v) is 14.1. The molecule has 3 aromatic rings. The summed E-state index contributed by atoms with van der Waals surface area (Å²) < 4.78 is 9.63. The Morgan fingerprint density at radius 2 is 1.90 bits per heavy atom. The highest BCUT2D eigenvalue weighted by Crippen LogP contribution is 2.24. The zero-order valence-electron chi connectivity index (χ0n) is 11.2. The SMILES string of the molecule is COc1ccc2[nH]c(/C(=N/I)c3ccc(Cl)cc3)cc2c1. The molecule has 0 saturated heterocycles. The molecular formula is C16H12ClIN2O. The van der Waals surface area contributed by atoms with Gasteiger partial charge in [0.25, 0.3) is 0 Å². The lowest BCUT2D eigenvalue weighted by Crippen LogP contribution is -2.02. The lowest BCUT2D eigenvalue weighted by Gasteiger charge is -2.03. The number of benzene rings is 2. The van der Waals surface area contributed by atoms with Crippen LogP contribution in [0.25, 0.3) is 10.9 Å². The van der Waals surface area contributed by atoms with E-state index in [-0.39, 0.29) is 0 Å². The number of ether oxygens (including phenoxy) is 1. The molecular weight excluding hydrogens is 399 g/mol. The number of aromatic nitrogens is 1. The van der Waals surface area contributed by atoms with Gasteiger partial charge in [-0.15, -0.1) is 0 Å². The van der Waals surface area contributed by atoms with Crippen molar-refractivity contribution < 1.29 is 4.74 Å². The van der Waals surface area contributed by atoms with Crippen LogP contribution in [0.2, 0.25) is 5.02 Å². The summed E-state index contributed by atoms with van der Waals surface area (Å²) in [5.41, 5.74) is 3.93. The second kappa shape index (κ2) is 6.07. The average Bonchev–Trinajstić information content (AvgIpc) is 2.92.